The number of anilines is 1. The van der Waals surface area contributed by atoms with E-state index < -0.39 is 17.5 Å². The van der Waals surface area contributed by atoms with Crippen molar-refractivity contribution in [3.8, 4) is 0 Å². The van der Waals surface area contributed by atoms with Crippen molar-refractivity contribution in [2.45, 2.75) is 13.0 Å². The quantitative estimate of drug-likeness (QED) is 0.435. The van der Waals surface area contributed by atoms with Crippen molar-refractivity contribution in [1.82, 2.24) is 4.90 Å². The summed E-state index contributed by atoms with van der Waals surface area (Å²) in [6.07, 6.45) is 0.479. The fourth-order valence-electron chi connectivity index (χ4n) is 3.21. The van der Waals surface area contributed by atoms with Crippen molar-refractivity contribution in [2.24, 2.45) is 5.73 Å². The molecule has 0 saturated carbocycles. The van der Waals surface area contributed by atoms with Crippen molar-refractivity contribution < 1.29 is 18.4 Å². The highest BCUT2D eigenvalue weighted by molar-refractivity contribution is 6.31. The van der Waals surface area contributed by atoms with E-state index >= 15 is 0 Å². The van der Waals surface area contributed by atoms with E-state index in [1.807, 2.05) is 0 Å². The minimum atomic E-state index is -0.846. The summed E-state index contributed by atoms with van der Waals surface area (Å²) in [7, 11) is 0. The third-order valence-corrected chi connectivity index (χ3v) is 5.38. The summed E-state index contributed by atoms with van der Waals surface area (Å²) >= 11 is 12.3. The van der Waals surface area contributed by atoms with Gasteiger partial charge in [0.1, 0.15) is 11.6 Å². The Bertz CT molecular complexity index is 1150. The lowest BCUT2D eigenvalue weighted by atomic mass is 10.1. The maximum absolute atomic E-state index is 13.6. The Kier molecular flexibility index (Phi) is 8.38. The van der Waals surface area contributed by atoms with E-state index in [1.54, 1.807) is 42.5 Å². The Morgan fingerprint density at radius 1 is 0.939 bits per heavy atom. The lowest BCUT2D eigenvalue weighted by Gasteiger charge is -2.24. The summed E-state index contributed by atoms with van der Waals surface area (Å²) in [5.41, 5.74) is 6.86. The second-order valence-electron chi connectivity index (χ2n) is 7.30. The second-order valence-corrected chi connectivity index (χ2v) is 8.14. The maximum atomic E-state index is 13.6. The molecule has 3 N–H and O–H groups in total. The molecule has 0 aromatic heterocycles. The number of nitrogens with zero attached hydrogens (tertiary/aromatic N) is 1. The number of rotatable bonds is 8. The van der Waals surface area contributed by atoms with Gasteiger partial charge in [0.15, 0.2) is 0 Å². The van der Waals surface area contributed by atoms with Crippen LogP contribution >= 0.6 is 23.2 Å². The van der Waals surface area contributed by atoms with Gasteiger partial charge in [-0.3, -0.25) is 9.59 Å². The summed E-state index contributed by atoms with van der Waals surface area (Å²) in [6, 6.07) is 14.0. The molecule has 5 nitrogen and oxygen atoms in total. The van der Waals surface area contributed by atoms with Gasteiger partial charge in [-0.1, -0.05) is 29.3 Å². The van der Waals surface area contributed by atoms with Crippen LogP contribution in [-0.2, 0) is 6.54 Å². The Balaban J connectivity index is 1.83. The van der Waals surface area contributed by atoms with Crippen LogP contribution < -0.4 is 11.1 Å². The molecule has 0 aliphatic heterocycles. The topological polar surface area (TPSA) is 75.4 Å². The number of carbonyl (C=O) groups is 2. The van der Waals surface area contributed by atoms with Crippen LogP contribution in [0.5, 0.6) is 0 Å². The number of hydrogen-bond donors (Lipinski definition) is 2. The Labute approximate surface area is 200 Å². The number of halogens is 4. The van der Waals surface area contributed by atoms with Crippen LogP contribution in [0.1, 0.15) is 32.7 Å². The molecule has 0 radical (unpaired) electrons. The second kappa shape index (κ2) is 11.2. The van der Waals surface area contributed by atoms with Gasteiger partial charge in [-0.15, -0.1) is 0 Å². The Morgan fingerprint density at radius 3 is 2.33 bits per heavy atom. The molecule has 0 spiro atoms. The number of benzene rings is 3. The molecule has 0 saturated heterocycles. The molecule has 2 amide bonds. The molecule has 0 aliphatic rings. The van der Waals surface area contributed by atoms with E-state index in [0.717, 1.165) is 12.1 Å². The van der Waals surface area contributed by atoms with Gasteiger partial charge in [0.25, 0.3) is 11.8 Å². The molecule has 3 rings (SSSR count). The van der Waals surface area contributed by atoms with Crippen LogP contribution in [0.4, 0.5) is 14.5 Å². The van der Waals surface area contributed by atoms with Crippen molar-refractivity contribution in [2.75, 3.05) is 18.4 Å². The van der Waals surface area contributed by atoms with E-state index in [1.165, 1.54) is 4.90 Å². The third kappa shape index (κ3) is 6.74. The zero-order chi connectivity index (χ0) is 24.0. The average molecular weight is 492 g/mol. The molecular weight excluding hydrogens is 471 g/mol. The predicted molar refractivity (Wildman–Crippen MR) is 126 cm³/mol. The Hall–Kier alpha value is -3.00. The molecule has 0 atom stereocenters. The van der Waals surface area contributed by atoms with Gasteiger partial charge >= 0.3 is 0 Å². The van der Waals surface area contributed by atoms with Gasteiger partial charge in [0.2, 0.25) is 0 Å². The zero-order valence-corrected chi connectivity index (χ0v) is 19.0. The van der Waals surface area contributed by atoms with Gasteiger partial charge in [0.05, 0.1) is 0 Å². The molecule has 0 unspecified atom stereocenters. The highest BCUT2D eigenvalue weighted by Crippen LogP contribution is 2.24. The van der Waals surface area contributed by atoms with Crippen LogP contribution in [0.3, 0.4) is 0 Å². The minimum Gasteiger partial charge on any atom is -0.334 e. The first-order chi connectivity index (χ1) is 15.8. The highest BCUT2D eigenvalue weighted by Gasteiger charge is 2.19. The minimum absolute atomic E-state index is 0.0523. The van der Waals surface area contributed by atoms with Crippen LogP contribution in [0.15, 0.2) is 60.7 Å². The first kappa shape index (κ1) is 24.6. The van der Waals surface area contributed by atoms with E-state index in [2.05, 4.69) is 5.32 Å². The molecule has 3 aromatic rings. The van der Waals surface area contributed by atoms with E-state index in [0.29, 0.717) is 45.9 Å². The molecule has 0 fully saturated rings. The van der Waals surface area contributed by atoms with Crippen LogP contribution in [0, 0.1) is 11.6 Å². The molecule has 0 heterocycles. The first-order valence-electron chi connectivity index (χ1n) is 10.1. The number of hydrogen-bond acceptors (Lipinski definition) is 3. The van der Waals surface area contributed by atoms with Crippen LogP contribution in [-0.4, -0.2) is 29.8 Å². The average Bonchev–Trinajstić information content (AvgIpc) is 2.77. The third-order valence-electron chi connectivity index (χ3n) is 4.78. The summed E-state index contributed by atoms with van der Waals surface area (Å²) in [4.78, 5) is 26.9. The van der Waals surface area contributed by atoms with Gasteiger partial charge < -0.3 is 16.0 Å². The lowest BCUT2D eigenvalue weighted by molar-refractivity contribution is 0.0741. The van der Waals surface area contributed by atoms with E-state index in [9.17, 15) is 18.4 Å². The zero-order valence-electron chi connectivity index (χ0n) is 17.5. The van der Waals surface area contributed by atoms with Gasteiger partial charge in [-0.25, -0.2) is 8.78 Å². The summed E-state index contributed by atoms with van der Waals surface area (Å²) in [5.74, 6) is -2.62. The number of nitrogens with two attached hydrogens (primary N) is 1. The fraction of sp³-hybridized carbons (Fsp3) is 0.167. The van der Waals surface area contributed by atoms with Crippen molar-refractivity contribution >= 4 is 40.7 Å². The smallest absolute Gasteiger partial charge is 0.255 e. The van der Waals surface area contributed by atoms with Crippen molar-refractivity contribution in [3.63, 3.8) is 0 Å². The van der Waals surface area contributed by atoms with Crippen LogP contribution in [0.2, 0.25) is 10.0 Å². The summed E-state index contributed by atoms with van der Waals surface area (Å²) in [5, 5.41) is 3.57. The highest BCUT2D eigenvalue weighted by atomic mass is 35.5. The fourth-order valence-corrected chi connectivity index (χ4v) is 3.57. The molecular formula is C24H21Cl2F2N3O2. The molecule has 9 heteroatoms. The normalized spacial score (nSPS) is 10.7. The molecule has 33 heavy (non-hydrogen) atoms. The standard InChI is InChI=1S/C24H21Cl2F2N3O2/c25-18-4-1-3-15(9-18)23(32)30-21-5-6-22(26)17(12-21)14-31(8-2-7-29)24(33)16-10-19(27)13-20(28)11-16/h1,3-6,9-13H,2,7-8,14,29H2,(H,30,32). The monoisotopic (exact) mass is 491 g/mol. The van der Waals surface area contributed by atoms with Crippen molar-refractivity contribution in [3.05, 3.63) is 99.0 Å². The van der Waals surface area contributed by atoms with Gasteiger partial charge in [0, 0.05) is 46.0 Å². The largest absolute Gasteiger partial charge is 0.334 e. The number of nitrogens with one attached hydrogen (secondary N) is 1. The molecule has 0 aliphatic carbocycles. The molecule has 3 aromatic carbocycles. The molecule has 172 valence electrons. The van der Waals surface area contributed by atoms with Gasteiger partial charge in [-0.2, -0.15) is 0 Å². The van der Waals surface area contributed by atoms with Crippen molar-refractivity contribution in [1.29, 1.82) is 0 Å². The number of amides is 2. The van der Waals surface area contributed by atoms with Gasteiger partial charge in [-0.05, 0) is 67.1 Å². The molecule has 0 bridgehead atoms. The summed E-state index contributed by atoms with van der Waals surface area (Å²) in [6.45, 7) is 0.629. The summed E-state index contributed by atoms with van der Waals surface area (Å²) < 4.78 is 27.3. The predicted octanol–water partition coefficient (Wildman–Crippen LogP) is 5.52. The lowest BCUT2D eigenvalue weighted by Crippen LogP contribution is -2.33. The maximum Gasteiger partial charge on any atom is 0.255 e. The SMILES string of the molecule is NCCCN(Cc1cc(NC(=O)c2cccc(Cl)c2)ccc1Cl)C(=O)c1cc(F)cc(F)c1. The first-order valence-corrected chi connectivity index (χ1v) is 10.8. The number of carbonyl (C=O) groups excluding carboxylic acids is 2. The van der Waals surface area contributed by atoms with E-state index in [4.69, 9.17) is 28.9 Å². The van der Waals surface area contributed by atoms with E-state index in [-0.39, 0.29) is 24.6 Å². The Morgan fingerprint density at radius 2 is 1.67 bits per heavy atom. The van der Waals surface area contributed by atoms with Crippen LogP contribution in [0.25, 0.3) is 0 Å².